The Bertz CT molecular complexity index is 1250. The van der Waals surface area contributed by atoms with Crippen LogP contribution in [0.1, 0.15) is 21.5 Å². The fourth-order valence-electron chi connectivity index (χ4n) is 3.06. The number of carbonyl (C=O) groups excluding carboxylic acids is 1. The van der Waals surface area contributed by atoms with Gasteiger partial charge in [-0.15, -0.1) is 0 Å². The van der Waals surface area contributed by atoms with E-state index in [1.54, 1.807) is 12.1 Å². The number of phenols is 1. The minimum Gasteiger partial charge on any atom is -0.507 e. The molecule has 0 aliphatic rings. The molecule has 2 N–H and O–H groups in total. The predicted molar refractivity (Wildman–Crippen MR) is 123 cm³/mol. The van der Waals surface area contributed by atoms with Crippen LogP contribution in [0.4, 0.5) is 0 Å². The third-order valence-electron chi connectivity index (χ3n) is 4.72. The molecule has 0 atom stereocenters. The highest BCUT2D eigenvalue weighted by atomic mass is 35.5. The van der Waals surface area contributed by atoms with Crippen molar-refractivity contribution >= 4 is 34.5 Å². The van der Waals surface area contributed by atoms with Crippen LogP contribution in [0.25, 0.3) is 10.8 Å². The number of nitrogens with zero attached hydrogens (tertiary/aromatic N) is 1. The zero-order chi connectivity index (χ0) is 21.6. The lowest BCUT2D eigenvalue weighted by atomic mass is 10.1. The fraction of sp³-hybridized carbons (Fsp3) is 0.0400. The van der Waals surface area contributed by atoms with Gasteiger partial charge in [-0.05, 0) is 58.8 Å². The van der Waals surface area contributed by atoms with Crippen molar-refractivity contribution < 1.29 is 14.6 Å². The van der Waals surface area contributed by atoms with Gasteiger partial charge < -0.3 is 9.84 Å². The molecule has 4 aromatic rings. The van der Waals surface area contributed by atoms with Crippen LogP contribution in [-0.4, -0.2) is 17.2 Å². The Morgan fingerprint density at radius 3 is 2.39 bits per heavy atom. The molecule has 0 saturated heterocycles. The van der Waals surface area contributed by atoms with Gasteiger partial charge in [0.15, 0.2) is 0 Å². The predicted octanol–water partition coefficient (Wildman–Crippen LogP) is 5.54. The molecule has 154 valence electrons. The number of aromatic hydroxyl groups is 1. The Morgan fingerprint density at radius 2 is 1.65 bits per heavy atom. The van der Waals surface area contributed by atoms with E-state index in [0.717, 1.165) is 21.9 Å². The van der Waals surface area contributed by atoms with Crippen molar-refractivity contribution in [2.24, 2.45) is 5.10 Å². The highest BCUT2D eigenvalue weighted by Gasteiger charge is 2.11. The first-order valence-corrected chi connectivity index (χ1v) is 9.99. The van der Waals surface area contributed by atoms with Crippen molar-refractivity contribution in [2.75, 3.05) is 0 Å². The van der Waals surface area contributed by atoms with Crippen LogP contribution in [0.2, 0.25) is 5.02 Å². The molecule has 0 aliphatic carbocycles. The molecule has 31 heavy (non-hydrogen) atoms. The van der Waals surface area contributed by atoms with Gasteiger partial charge in [-0.25, -0.2) is 5.43 Å². The second-order valence-electron chi connectivity index (χ2n) is 6.86. The third kappa shape index (κ3) is 5.02. The number of nitrogens with one attached hydrogen (secondary N) is 1. The molecule has 4 aromatic carbocycles. The van der Waals surface area contributed by atoms with Gasteiger partial charge in [0.2, 0.25) is 0 Å². The number of hydrogen-bond acceptors (Lipinski definition) is 4. The second-order valence-corrected chi connectivity index (χ2v) is 7.27. The summed E-state index contributed by atoms with van der Waals surface area (Å²) in [5.41, 5.74) is 4.31. The number of benzene rings is 4. The quantitative estimate of drug-likeness (QED) is 0.311. The summed E-state index contributed by atoms with van der Waals surface area (Å²) >= 11 is 6.13. The Kier molecular flexibility index (Phi) is 6.15. The Morgan fingerprint density at radius 1 is 0.968 bits per heavy atom. The largest absolute Gasteiger partial charge is 0.507 e. The highest BCUT2D eigenvalue weighted by Crippen LogP contribution is 2.25. The first-order valence-electron chi connectivity index (χ1n) is 9.61. The van der Waals surface area contributed by atoms with Crippen molar-refractivity contribution in [3.05, 3.63) is 107 Å². The van der Waals surface area contributed by atoms with Crippen molar-refractivity contribution in [2.45, 2.75) is 6.61 Å². The van der Waals surface area contributed by atoms with E-state index in [1.807, 2.05) is 72.8 Å². The molecule has 0 spiro atoms. The zero-order valence-electron chi connectivity index (χ0n) is 16.5. The number of amides is 1. The molecule has 0 unspecified atom stereocenters. The van der Waals surface area contributed by atoms with E-state index >= 15 is 0 Å². The summed E-state index contributed by atoms with van der Waals surface area (Å²) in [6.07, 6.45) is 1.52. The average molecular weight is 431 g/mol. The van der Waals surface area contributed by atoms with E-state index in [4.69, 9.17) is 16.3 Å². The molecular weight excluding hydrogens is 412 g/mol. The summed E-state index contributed by atoms with van der Waals surface area (Å²) in [7, 11) is 0. The van der Waals surface area contributed by atoms with Gasteiger partial charge in [0, 0.05) is 10.6 Å². The Balaban J connectivity index is 1.36. The van der Waals surface area contributed by atoms with Crippen LogP contribution in [0.15, 0.2) is 90.0 Å². The van der Waals surface area contributed by atoms with Crippen LogP contribution in [0.3, 0.4) is 0 Å². The number of hydrogen-bond donors (Lipinski definition) is 2. The van der Waals surface area contributed by atoms with Crippen molar-refractivity contribution in [3.8, 4) is 11.5 Å². The highest BCUT2D eigenvalue weighted by molar-refractivity contribution is 6.31. The summed E-state index contributed by atoms with van der Waals surface area (Å²) in [5.74, 6) is 0.118. The molecule has 1 amide bonds. The average Bonchev–Trinajstić information content (AvgIpc) is 2.79. The van der Waals surface area contributed by atoms with Crippen molar-refractivity contribution in [1.82, 2.24) is 5.43 Å². The molecular formula is C25H19ClN2O3. The van der Waals surface area contributed by atoms with Gasteiger partial charge in [-0.2, -0.15) is 5.10 Å². The van der Waals surface area contributed by atoms with E-state index in [-0.39, 0.29) is 11.3 Å². The summed E-state index contributed by atoms with van der Waals surface area (Å²) in [5, 5.41) is 16.5. The van der Waals surface area contributed by atoms with Crippen LogP contribution in [0.5, 0.6) is 11.5 Å². The minimum atomic E-state index is -0.487. The summed E-state index contributed by atoms with van der Waals surface area (Å²) in [6.45, 7) is 0.373. The van der Waals surface area contributed by atoms with E-state index in [2.05, 4.69) is 10.5 Å². The summed E-state index contributed by atoms with van der Waals surface area (Å²) in [4.78, 5) is 12.4. The molecule has 0 radical (unpaired) electrons. The lowest BCUT2D eigenvalue weighted by molar-refractivity contribution is 0.0952. The number of fused-ring (bicyclic) bond motifs is 1. The SMILES string of the molecule is O=C(N/N=C\c1ccc(OCc2ccccc2Cl)cc1)c1cc2ccccc2cc1O. The van der Waals surface area contributed by atoms with Crippen molar-refractivity contribution in [1.29, 1.82) is 0 Å². The third-order valence-corrected chi connectivity index (χ3v) is 5.09. The molecule has 0 saturated carbocycles. The molecule has 6 heteroatoms. The van der Waals surface area contributed by atoms with E-state index in [9.17, 15) is 9.90 Å². The first kappa shape index (κ1) is 20.4. The van der Waals surface area contributed by atoms with Crippen LogP contribution in [0, 0.1) is 0 Å². The number of ether oxygens (including phenoxy) is 1. The monoisotopic (exact) mass is 430 g/mol. The molecule has 0 bridgehead atoms. The maximum atomic E-state index is 12.4. The maximum absolute atomic E-state index is 12.4. The molecule has 4 rings (SSSR count). The number of carbonyl (C=O) groups is 1. The van der Waals surface area contributed by atoms with E-state index in [0.29, 0.717) is 17.4 Å². The first-order chi connectivity index (χ1) is 15.1. The second kappa shape index (κ2) is 9.32. The van der Waals surface area contributed by atoms with Gasteiger partial charge >= 0.3 is 0 Å². The van der Waals surface area contributed by atoms with Crippen LogP contribution >= 0.6 is 11.6 Å². The van der Waals surface area contributed by atoms with E-state index in [1.165, 1.54) is 6.21 Å². The normalized spacial score (nSPS) is 11.0. The smallest absolute Gasteiger partial charge is 0.275 e. The van der Waals surface area contributed by atoms with E-state index < -0.39 is 5.91 Å². The maximum Gasteiger partial charge on any atom is 0.275 e. The summed E-state index contributed by atoms with van der Waals surface area (Å²) < 4.78 is 5.75. The molecule has 5 nitrogen and oxygen atoms in total. The summed E-state index contributed by atoms with van der Waals surface area (Å²) in [6, 6.07) is 25.5. The number of halogens is 1. The van der Waals surface area contributed by atoms with Gasteiger partial charge in [-0.3, -0.25) is 4.79 Å². The molecule has 0 aromatic heterocycles. The topological polar surface area (TPSA) is 70.9 Å². The number of hydrazone groups is 1. The molecule has 0 heterocycles. The number of rotatable bonds is 6. The fourth-order valence-corrected chi connectivity index (χ4v) is 3.25. The standard InChI is InChI=1S/C25H19ClN2O3/c26-23-8-4-3-7-20(23)16-31-21-11-9-17(10-12-21)15-27-28-25(30)22-13-18-5-1-2-6-19(18)14-24(22)29/h1-15,29H,16H2,(H,28,30)/b27-15-. The minimum absolute atomic E-state index is 0.0913. The Labute approximate surface area is 184 Å². The zero-order valence-corrected chi connectivity index (χ0v) is 17.2. The van der Waals surface area contributed by atoms with Gasteiger partial charge in [0.25, 0.3) is 5.91 Å². The number of phenolic OH excluding ortho intramolecular Hbond substituents is 1. The Hall–Kier alpha value is -3.83. The molecule has 0 aliphatic heterocycles. The van der Waals surface area contributed by atoms with Gasteiger partial charge in [0.05, 0.1) is 11.8 Å². The lowest BCUT2D eigenvalue weighted by Crippen LogP contribution is -2.17. The molecule has 0 fully saturated rings. The van der Waals surface area contributed by atoms with Crippen LogP contribution in [-0.2, 0) is 6.61 Å². The van der Waals surface area contributed by atoms with Gasteiger partial charge in [-0.1, -0.05) is 54.1 Å². The van der Waals surface area contributed by atoms with Crippen LogP contribution < -0.4 is 10.2 Å². The van der Waals surface area contributed by atoms with Gasteiger partial charge in [0.1, 0.15) is 18.1 Å². The van der Waals surface area contributed by atoms with Crippen molar-refractivity contribution in [3.63, 3.8) is 0 Å². The lowest BCUT2D eigenvalue weighted by Gasteiger charge is -2.08.